The van der Waals surface area contributed by atoms with Gasteiger partial charge in [0.2, 0.25) is 0 Å². The molecule has 1 aliphatic heterocycles. The average Bonchev–Trinajstić information content (AvgIpc) is 3.16. The minimum Gasteiger partial charge on any atom is -0.493 e. The van der Waals surface area contributed by atoms with Crippen LogP contribution in [0.5, 0.6) is 11.5 Å². The largest absolute Gasteiger partial charge is 0.493 e. The molecule has 0 spiro atoms. The fourth-order valence-electron chi connectivity index (χ4n) is 3.61. The Balaban J connectivity index is 1.43. The van der Waals surface area contributed by atoms with Crippen molar-refractivity contribution in [3.8, 4) is 11.5 Å². The first-order valence-electron chi connectivity index (χ1n) is 11.0. The van der Waals surface area contributed by atoms with Crippen LogP contribution in [-0.2, 0) is 9.59 Å². The Hall–Kier alpha value is -3.69. The number of thiocarbonyl (C=S) groups is 1. The molecule has 0 bridgehead atoms. The summed E-state index contributed by atoms with van der Waals surface area (Å²) in [7, 11) is 1.49. The predicted octanol–water partition coefficient (Wildman–Crippen LogP) is 5.81. The zero-order valence-corrected chi connectivity index (χ0v) is 21.2. The van der Waals surface area contributed by atoms with Crippen LogP contribution in [0.1, 0.15) is 24.1 Å². The third-order valence-electron chi connectivity index (χ3n) is 5.47. The van der Waals surface area contributed by atoms with Crippen LogP contribution in [0.4, 0.5) is 10.1 Å². The van der Waals surface area contributed by atoms with Gasteiger partial charge in [0.25, 0.3) is 11.8 Å². The number of hydrogen-bond donors (Lipinski definition) is 1. The van der Waals surface area contributed by atoms with Crippen molar-refractivity contribution < 1.29 is 23.5 Å². The molecular weight excluding hydrogens is 499 g/mol. The van der Waals surface area contributed by atoms with Gasteiger partial charge < -0.3 is 14.8 Å². The van der Waals surface area contributed by atoms with Crippen LogP contribution < -0.4 is 14.8 Å². The number of ether oxygens (including phenoxy) is 2. The van der Waals surface area contributed by atoms with Gasteiger partial charge in [0.1, 0.15) is 10.1 Å². The average molecular weight is 523 g/mol. The van der Waals surface area contributed by atoms with Gasteiger partial charge in [-0.15, -0.1) is 0 Å². The highest BCUT2D eigenvalue weighted by Crippen LogP contribution is 2.38. The third-order valence-corrected chi connectivity index (χ3v) is 6.80. The molecule has 184 valence electrons. The summed E-state index contributed by atoms with van der Waals surface area (Å²) in [6.45, 7) is 1.69. The Bertz CT molecular complexity index is 1310. The normalized spacial score (nSPS) is 15.2. The van der Waals surface area contributed by atoms with Crippen LogP contribution in [-0.4, -0.2) is 34.8 Å². The van der Waals surface area contributed by atoms with Crippen LogP contribution in [0.2, 0.25) is 0 Å². The fraction of sp³-hybridized carbons (Fsp3) is 0.148. The van der Waals surface area contributed by atoms with E-state index in [9.17, 15) is 14.0 Å². The van der Waals surface area contributed by atoms with E-state index in [1.165, 1.54) is 43.1 Å². The maximum Gasteiger partial charge on any atom is 0.266 e. The summed E-state index contributed by atoms with van der Waals surface area (Å²) < 4.78 is 24.6. The molecule has 0 radical (unpaired) electrons. The van der Waals surface area contributed by atoms with Gasteiger partial charge in [0.05, 0.1) is 18.1 Å². The lowest BCUT2D eigenvalue weighted by Gasteiger charge is -2.23. The summed E-state index contributed by atoms with van der Waals surface area (Å²) in [6.07, 6.45) is 1.75. The number of anilines is 1. The quantitative estimate of drug-likeness (QED) is 0.297. The number of carbonyl (C=O) groups excluding carboxylic acids is 2. The second kappa shape index (κ2) is 11.4. The predicted molar refractivity (Wildman–Crippen MR) is 143 cm³/mol. The molecule has 1 atom stereocenters. The van der Waals surface area contributed by atoms with E-state index in [1.54, 1.807) is 29.2 Å². The van der Waals surface area contributed by atoms with Crippen molar-refractivity contribution in [3.63, 3.8) is 0 Å². The van der Waals surface area contributed by atoms with E-state index in [0.717, 1.165) is 11.1 Å². The van der Waals surface area contributed by atoms with Gasteiger partial charge >= 0.3 is 0 Å². The van der Waals surface area contributed by atoms with Crippen LogP contribution in [0, 0.1) is 5.82 Å². The molecule has 0 unspecified atom stereocenters. The molecule has 1 saturated heterocycles. The Morgan fingerprint density at radius 3 is 2.53 bits per heavy atom. The summed E-state index contributed by atoms with van der Waals surface area (Å²) in [6, 6.07) is 20.2. The minimum absolute atomic E-state index is 0.155. The summed E-state index contributed by atoms with van der Waals surface area (Å²) in [5, 5.41) is 2.63. The van der Waals surface area contributed by atoms with Gasteiger partial charge in [0, 0.05) is 5.69 Å². The van der Waals surface area contributed by atoms with Crippen molar-refractivity contribution in [2.75, 3.05) is 19.0 Å². The maximum absolute atomic E-state index is 13.1. The van der Waals surface area contributed by atoms with Crippen molar-refractivity contribution >= 4 is 51.9 Å². The van der Waals surface area contributed by atoms with E-state index < -0.39 is 5.91 Å². The van der Waals surface area contributed by atoms with Crippen molar-refractivity contribution in [2.45, 2.75) is 13.0 Å². The first-order valence-corrected chi connectivity index (χ1v) is 12.3. The van der Waals surface area contributed by atoms with Gasteiger partial charge in [-0.3, -0.25) is 14.5 Å². The number of hydrogen-bond acceptors (Lipinski definition) is 6. The van der Waals surface area contributed by atoms with Crippen molar-refractivity contribution in [2.24, 2.45) is 0 Å². The highest BCUT2D eigenvalue weighted by molar-refractivity contribution is 8.26. The molecule has 1 aliphatic rings. The van der Waals surface area contributed by atoms with Gasteiger partial charge in [-0.2, -0.15) is 0 Å². The maximum atomic E-state index is 13.1. The molecule has 3 aromatic rings. The lowest BCUT2D eigenvalue weighted by molar-refractivity contribution is -0.123. The zero-order valence-electron chi connectivity index (χ0n) is 19.6. The third kappa shape index (κ3) is 5.92. The number of halogens is 1. The number of nitrogens with zero attached hydrogens (tertiary/aromatic N) is 1. The SMILES string of the molecule is COc1cc(/C=C2\SC(=S)N([C@H](C)c3ccccc3)C2=O)ccc1OCC(=O)Nc1ccc(F)cc1. The van der Waals surface area contributed by atoms with Crippen LogP contribution >= 0.6 is 24.0 Å². The molecule has 4 rings (SSSR count). The molecule has 1 N–H and O–H groups in total. The topological polar surface area (TPSA) is 67.9 Å². The summed E-state index contributed by atoms with van der Waals surface area (Å²) in [5.41, 5.74) is 2.19. The molecule has 1 fully saturated rings. The molecular formula is C27H23FN2O4S2. The Kier molecular flexibility index (Phi) is 8.02. The lowest BCUT2D eigenvalue weighted by atomic mass is 10.1. The molecule has 6 nitrogen and oxygen atoms in total. The first-order chi connectivity index (χ1) is 17.4. The fourth-order valence-corrected chi connectivity index (χ4v) is 5.03. The minimum atomic E-state index is -0.399. The van der Waals surface area contributed by atoms with E-state index in [4.69, 9.17) is 21.7 Å². The summed E-state index contributed by atoms with van der Waals surface area (Å²) >= 11 is 6.75. The lowest BCUT2D eigenvalue weighted by Crippen LogP contribution is -2.30. The second-order valence-corrected chi connectivity index (χ2v) is 9.57. The number of nitrogens with one attached hydrogen (secondary N) is 1. The van der Waals surface area contributed by atoms with Crippen LogP contribution in [0.15, 0.2) is 77.7 Å². The van der Waals surface area contributed by atoms with E-state index in [2.05, 4.69) is 5.32 Å². The molecule has 0 aromatic heterocycles. The van der Waals surface area contributed by atoms with Crippen molar-refractivity contribution in [1.82, 2.24) is 4.90 Å². The molecule has 0 aliphatic carbocycles. The molecule has 36 heavy (non-hydrogen) atoms. The van der Waals surface area contributed by atoms with Gasteiger partial charge in [-0.05, 0) is 60.5 Å². The van der Waals surface area contributed by atoms with Crippen LogP contribution in [0.3, 0.4) is 0 Å². The van der Waals surface area contributed by atoms with E-state index >= 15 is 0 Å². The second-order valence-electron chi connectivity index (χ2n) is 7.89. The van der Waals surface area contributed by atoms with Gasteiger partial charge in [0.15, 0.2) is 18.1 Å². The van der Waals surface area contributed by atoms with E-state index in [1.807, 2.05) is 37.3 Å². The van der Waals surface area contributed by atoms with E-state index in [0.29, 0.717) is 26.4 Å². The molecule has 2 amide bonds. The molecule has 1 heterocycles. The number of amides is 2. The zero-order chi connectivity index (χ0) is 25.7. The number of methoxy groups -OCH3 is 1. The van der Waals surface area contributed by atoms with E-state index in [-0.39, 0.29) is 24.4 Å². The molecule has 9 heteroatoms. The van der Waals surface area contributed by atoms with Gasteiger partial charge in [-0.1, -0.05) is 60.4 Å². The standard InChI is InChI=1S/C27H23FN2O4S2/c1-17(19-6-4-3-5-7-19)30-26(32)24(36-27(30)35)15-18-8-13-22(23(14-18)33-2)34-16-25(31)29-21-11-9-20(28)10-12-21/h3-15,17H,16H2,1-2H3,(H,29,31)/b24-15-/t17-/m1/s1. The highest BCUT2D eigenvalue weighted by atomic mass is 32.2. The Labute approximate surface area is 218 Å². The van der Waals surface area contributed by atoms with Gasteiger partial charge in [-0.25, -0.2) is 4.39 Å². The number of carbonyl (C=O) groups is 2. The first kappa shape index (κ1) is 25.4. The monoisotopic (exact) mass is 522 g/mol. The molecule has 3 aromatic carbocycles. The Morgan fingerprint density at radius 1 is 1.11 bits per heavy atom. The smallest absolute Gasteiger partial charge is 0.266 e. The molecule has 0 saturated carbocycles. The number of benzene rings is 3. The number of rotatable bonds is 8. The number of thioether (sulfide) groups is 1. The van der Waals surface area contributed by atoms with Crippen molar-refractivity contribution in [3.05, 3.63) is 94.6 Å². The highest BCUT2D eigenvalue weighted by Gasteiger charge is 2.35. The summed E-state index contributed by atoms with van der Waals surface area (Å²) in [4.78, 5) is 27.4. The van der Waals surface area contributed by atoms with Crippen LogP contribution in [0.25, 0.3) is 6.08 Å². The van der Waals surface area contributed by atoms with Crippen molar-refractivity contribution in [1.29, 1.82) is 0 Å². The summed E-state index contributed by atoms with van der Waals surface area (Å²) in [5.74, 6) is -0.162. The Morgan fingerprint density at radius 2 is 1.83 bits per heavy atom.